The number of aromatic nitrogens is 1. The van der Waals surface area contributed by atoms with E-state index in [1.807, 2.05) is 10.3 Å². The predicted molar refractivity (Wildman–Crippen MR) is 66.0 cm³/mol. The molecule has 1 saturated heterocycles. The zero-order valence-electron chi connectivity index (χ0n) is 9.72. The van der Waals surface area contributed by atoms with E-state index < -0.39 is 0 Å². The number of amides is 1. The zero-order chi connectivity index (χ0) is 12.1. The first-order chi connectivity index (χ1) is 8.29. The third-order valence-electron chi connectivity index (χ3n) is 2.65. The first-order valence-electron chi connectivity index (χ1n) is 5.78. The van der Waals surface area contributed by atoms with Crippen molar-refractivity contribution in [1.29, 1.82) is 0 Å². The second-order valence-corrected chi connectivity index (χ2v) is 4.88. The van der Waals surface area contributed by atoms with Gasteiger partial charge in [0.05, 0.1) is 30.3 Å². The Morgan fingerprint density at radius 3 is 3.00 bits per heavy atom. The number of ether oxygens (including phenoxy) is 1. The van der Waals surface area contributed by atoms with Crippen molar-refractivity contribution in [2.45, 2.75) is 12.8 Å². The number of hydrogen-bond acceptors (Lipinski definition) is 5. The van der Waals surface area contributed by atoms with Gasteiger partial charge in [-0.25, -0.2) is 4.98 Å². The summed E-state index contributed by atoms with van der Waals surface area (Å²) in [4.78, 5) is 18.2. The van der Waals surface area contributed by atoms with Gasteiger partial charge >= 0.3 is 0 Å². The van der Waals surface area contributed by atoms with Gasteiger partial charge in [0.15, 0.2) is 0 Å². The summed E-state index contributed by atoms with van der Waals surface area (Å²) in [6.45, 7) is 3.27. The van der Waals surface area contributed by atoms with Crippen LogP contribution in [0.3, 0.4) is 0 Å². The Labute approximate surface area is 105 Å². The monoisotopic (exact) mass is 255 g/mol. The molecule has 1 fully saturated rings. The summed E-state index contributed by atoms with van der Waals surface area (Å²) < 4.78 is 5.21. The molecule has 0 aliphatic carbocycles. The van der Waals surface area contributed by atoms with Crippen LogP contribution < -0.4 is 5.73 Å². The van der Waals surface area contributed by atoms with Gasteiger partial charge in [-0.3, -0.25) is 4.79 Å². The van der Waals surface area contributed by atoms with E-state index in [0.717, 1.165) is 17.1 Å². The average Bonchev–Trinajstić information content (AvgIpc) is 2.78. The summed E-state index contributed by atoms with van der Waals surface area (Å²) in [7, 11) is 0. The van der Waals surface area contributed by atoms with Crippen LogP contribution in [0.5, 0.6) is 0 Å². The van der Waals surface area contributed by atoms with Crippen LogP contribution in [0.1, 0.15) is 10.7 Å². The maximum absolute atomic E-state index is 11.9. The van der Waals surface area contributed by atoms with Crippen LogP contribution in [-0.2, 0) is 22.4 Å². The Hall–Kier alpha value is -0.980. The maximum atomic E-state index is 11.9. The highest BCUT2D eigenvalue weighted by Crippen LogP contribution is 2.12. The van der Waals surface area contributed by atoms with Crippen LogP contribution in [0.25, 0.3) is 0 Å². The number of nitrogens with zero attached hydrogens (tertiary/aromatic N) is 2. The largest absolute Gasteiger partial charge is 0.378 e. The van der Waals surface area contributed by atoms with E-state index in [0.29, 0.717) is 39.3 Å². The van der Waals surface area contributed by atoms with Gasteiger partial charge in [-0.2, -0.15) is 0 Å². The fourth-order valence-corrected chi connectivity index (χ4v) is 2.56. The van der Waals surface area contributed by atoms with E-state index in [9.17, 15) is 4.79 Å². The van der Waals surface area contributed by atoms with Crippen molar-refractivity contribution in [1.82, 2.24) is 9.88 Å². The fourth-order valence-electron chi connectivity index (χ4n) is 1.75. The predicted octanol–water partition coefficient (Wildman–Crippen LogP) is 0.0456. The molecular formula is C11H17N3O2S. The quantitative estimate of drug-likeness (QED) is 0.825. The van der Waals surface area contributed by atoms with E-state index in [2.05, 4.69) is 4.98 Å². The molecule has 0 radical (unpaired) electrons. The molecular weight excluding hydrogens is 238 g/mol. The van der Waals surface area contributed by atoms with Gasteiger partial charge in [0.2, 0.25) is 5.91 Å². The van der Waals surface area contributed by atoms with Crippen LogP contribution in [0.4, 0.5) is 0 Å². The molecule has 0 atom stereocenters. The Morgan fingerprint density at radius 2 is 2.29 bits per heavy atom. The van der Waals surface area contributed by atoms with Crippen LogP contribution in [-0.4, -0.2) is 48.6 Å². The summed E-state index contributed by atoms with van der Waals surface area (Å²) in [5, 5.41) is 2.96. The van der Waals surface area contributed by atoms with Gasteiger partial charge in [-0.1, -0.05) is 0 Å². The normalized spacial score (nSPS) is 16.2. The van der Waals surface area contributed by atoms with Crippen molar-refractivity contribution in [3.05, 3.63) is 16.1 Å². The number of nitrogens with two attached hydrogens (primary N) is 1. The minimum absolute atomic E-state index is 0.137. The third kappa shape index (κ3) is 3.49. The molecule has 0 bridgehead atoms. The van der Waals surface area contributed by atoms with Crippen molar-refractivity contribution in [3.8, 4) is 0 Å². The van der Waals surface area contributed by atoms with Crippen LogP contribution in [0.15, 0.2) is 5.38 Å². The first-order valence-corrected chi connectivity index (χ1v) is 6.66. The lowest BCUT2D eigenvalue weighted by atomic mass is 10.3. The Balaban J connectivity index is 1.88. The minimum atomic E-state index is 0.137. The van der Waals surface area contributed by atoms with Gasteiger partial charge in [-0.15, -0.1) is 11.3 Å². The van der Waals surface area contributed by atoms with Crippen LogP contribution >= 0.6 is 11.3 Å². The summed E-state index contributed by atoms with van der Waals surface area (Å²) in [6, 6.07) is 0. The highest BCUT2D eigenvalue weighted by atomic mass is 32.1. The highest BCUT2D eigenvalue weighted by molar-refractivity contribution is 7.09. The lowest BCUT2D eigenvalue weighted by Crippen LogP contribution is -2.41. The molecule has 0 saturated carbocycles. The van der Waals surface area contributed by atoms with Gasteiger partial charge < -0.3 is 15.4 Å². The molecule has 1 aliphatic heterocycles. The van der Waals surface area contributed by atoms with E-state index >= 15 is 0 Å². The Bertz CT molecular complexity index is 375. The van der Waals surface area contributed by atoms with Gasteiger partial charge in [0.25, 0.3) is 0 Å². The fraction of sp³-hybridized carbons (Fsp3) is 0.636. The molecule has 1 aliphatic rings. The number of carbonyl (C=O) groups is 1. The Morgan fingerprint density at radius 1 is 1.53 bits per heavy atom. The van der Waals surface area contributed by atoms with E-state index in [1.165, 1.54) is 0 Å². The summed E-state index contributed by atoms with van der Waals surface area (Å²) >= 11 is 1.58. The van der Waals surface area contributed by atoms with E-state index in [4.69, 9.17) is 10.5 Å². The SMILES string of the molecule is NCCc1nc(CC(=O)N2CCOCC2)cs1. The molecule has 2 N–H and O–H groups in total. The van der Waals surface area contributed by atoms with Gasteiger partial charge in [0.1, 0.15) is 0 Å². The second kappa shape index (κ2) is 6.09. The highest BCUT2D eigenvalue weighted by Gasteiger charge is 2.17. The van der Waals surface area contributed by atoms with E-state index in [1.54, 1.807) is 11.3 Å². The van der Waals surface area contributed by atoms with Gasteiger partial charge in [0, 0.05) is 24.9 Å². The molecule has 6 heteroatoms. The van der Waals surface area contributed by atoms with E-state index in [-0.39, 0.29) is 5.91 Å². The first kappa shape index (κ1) is 12.5. The second-order valence-electron chi connectivity index (χ2n) is 3.94. The number of hydrogen-bond donors (Lipinski definition) is 1. The third-order valence-corrected chi connectivity index (χ3v) is 3.61. The molecule has 5 nitrogen and oxygen atoms in total. The van der Waals surface area contributed by atoms with Crippen molar-refractivity contribution >= 4 is 17.2 Å². The summed E-state index contributed by atoms with van der Waals surface area (Å²) in [5.41, 5.74) is 6.32. The molecule has 94 valence electrons. The average molecular weight is 255 g/mol. The van der Waals surface area contributed by atoms with Crippen molar-refractivity contribution in [3.63, 3.8) is 0 Å². The standard InChI is InChI=1S/C11H17N3O2S/c12-2-1-10-13-9(8-17-10)7-11(15)14-3-5-16-6-4-14/h8H,1-7,12H2. The molecule has 2 heterocycles. The number of morpholine rings is 1. The van der Waals surface area contributed by atoms with Crippen molar-refractivity contribution in [2.24, 2.45) is 5.73 Å². The number of carbonyl (C=O) groups excluding carboxylic acids is 1. The molecule has 2 rings (SSSR count). The molecule has 0 aromatic carbocycles. The number of rotatable bonds is 4. The zero-order valence-corrected chi connectivity index (χ0v) is 10.5. The topological polar surface area (TPSA) is 68.5 Å². The van der Waals surface area contributed by atoms with Crippen LogP contribution in [0, 0.1) is 0 Å². The summed E-state index contributed by atoms with van der Waals surface area (Å²) in [5.74, 6) is 0.137. The molecule has 0 spiro atoms. The smallest absolute Gasteiger partial charge is 0.228 e. The minimum Gasteiger partial charge on any atom is -0.378 e. The molecule has 17 heavy (non-hydrogen) atoms. The van der Waals surface area contributed by atoms with Crippen molar-refractivity contribution < 1.29 is 9.53 Å². The van der Waals surface area contributed by atoms with Crippen molar-refractivity contribution in [2.75, 3.05) is 32.8 Å². The number of thiazole rings is 1. The molecule has 1 aromatic rings. The van der Waals surface area contributed by atoms with Crippen LogP contribution in [0.2, 0.25) is 0 Å². The molecule has 1 aromatic heterocycles. The Kier molecular flexibility index (Phi) is 4.47. The molecule has 0 unspecified atom stereocenters. The molecule has 1 amide bonds. The lowest BCUT2D eigenvalue weighted by molar-refractivity contribution is -0.134. The van der Waals surface area contributed by atoms with Gasteiger partial charge in [-0.05, 0) is 6.54 Å². The lowest BCUT2D eigenvalue weighted by Gasteiger charge is -2.26. The maximum Gasteiger partial charge on any atom is 0.228 e. The summed E-state index contributed by atoms with van der Waals surface area (Å²) in [6.07, 6.45) is 1.18.